The van der Waals surface area contributed by atoms with Crippen LogP contribution in [0.15, 0.2) is 42.5 Å². The molecule has 1 aliphatic rings. The molecule has 124 valence electrons. The number of rotatable bonds is 4. The molecule has 0 radical (unpaired) electrons. The molecule has 1 fully saturated rings. The van der Waals surface area contributed by atoms with Crippen LogP contribution < -0.4 is 0 Å². The fraction of sp³-hybridized carbons (Fsp3) is 0.381. The topological polar surface area (TPSA) is 30.3 Å². The molecule has 0 aromatic heterocycles. The molecule has 0 aliphatic carbocycles. The fourth-order valence-electron chi connectivity index (χ4n) is 3.47. The molecule has 3 heteroatoms. The van der Waals surface area contributed by atoms with E-state index in [1.54, 1.807) is 0 Å². The number of hydrogen-bond acceptors (Lipinski definition) is 3. The second kappa shape index (κ2) is 7.61. The van der Waals surface area contributed by atoms with E-state index in [-0.39, 0.29) is 0 Å². The Kier molecular flexibility index (Phi) is 5.30. The molecular formula is C21H25N3. The molecule has 0 amide bonds. The Morgan fingerprint density at radius 1 is 0.792 bits per heavy atom. The minimum Gasteiger partial charge on any atom is -0.297 e. The second-order valence-corrected chi connectivity index (χ2v) is 6.86. The van der Waals surface area contributed by atoms with Crippen molar-refractivity contribution >= 4 is 0 Å². The zero-order valence-corrected chi connectivity index (χ0v) is 14.6. The van der Waals surface area contributed by atoms with E-state index in [4.69, 9.17) is 5.26 Å². The summed E-state index contributed by atoms with van der Waals surface area (Å²) < 4.78 is 0. The number of benzene rings is 2. The molecule has 0 atom stereocenters. The van der Waals surface area contributed by atoms with E-state index < -0.39 is 0 Å². The zero-order chi connectivity index (χ0) is 16.9. The Balaban J connectivity index is 1.51. The lowest BCUT2D eigenvalue weighted by atomic mass is 10.1. The molecule has 1 aliphatic heterocycles. The van der Waals surface area contributed by atoms with E-state index in [0.717, 1.165) is 44.8 Å². The van der Waals surface area contributed by atoms with Gasteiger partial charge in [0.15, 0.2) is 0 Å². The summed E-state index contributed by atoms with van der Waals surface area (Å²) in [5.74, 6) is 0. The van der Waals surface area contributed by atoms with Gasteiger partial charge in [0.05, 0.1) is 11.6 Å². The van der Waals surface area contributed by atoms with E-state index in [0.29, 0.717) is 0 Å². The maximum atomic E-state index is 8.87. The fourth-order valence-corrected chi connectivity index (χ4v) is 3.47. The lowest BCUT2D eigenvalue weighted by Crippen LogP contribution is -2.45. The standard InChI is InChI=1S/C21H25N3/c1-17-11-18(2)13-21(12-17)16-24-9-7-23(8-10-24)15-20-5-3-19(14-22)4-6-20/h3-6,11-13H,7-10,15-16H2,1-2H3. The maximum absolute atomic E-state index is 8.87. The van der Waals surface area contributed by atoms with E-state index in [1.165, 1.54) is 22.3 Å². The Bertz CT molecular complexity index is 699. The van der Waals surface area contributed by atoms with E-state index in [9.17, 15) is 0 Å². The average molecular weight is 319 g/mol. The van der Waals surface area contributed by atoms with Gasteiger partial charge in [-0.3, -0.25) is 9.80 Å². The summed E-state index contributed by atoms with van der Waals surface area (Å²) in [5.41, 5.74) is 6.15. The van der Waals surface area contributed by atoms with Gasteiger partial charge in [-0.05, 0) is 37.1 Å². The van der Waals surface area contributed by atoms with Gasteiger partial charge in [-0.15, -0.1) is 0 Å². The summed E-state index contributed by atoms with van der Waals surface area (Å²) in [6.07, 6.45) is 0. The lowest BCUT2D eigenvalue weighted by molar-refractivity contribution is 0.122. The molecule has 0 bridgehead atoms. The van der Waals surface area contributed by atoms with Crippen molar-refractivity contribution in [3.63, 3.8) is 0 Å². The Hall–Kier alpha value is -2.15. The summed E-state index contributed by atoms with van der Waals surface area (Å²) in [6.45, 7) is 10.8. The minimum absolute atomic E-state index is 0.733. The van der Waals surface area contributed by atoms with Crippen LogP contribution in [-0.2, 0) is 13.1 Å². The van der Waals surface area contributed by atoms with Crippen molar-refractivity contribution in [2.45, 2.75) is 26.9 Å². The van der Waals surface area contributed by atoms with Gasteiger partial charge in [-0.1, -0.05) is 41.5 Å². The molecule has 0 unspecified atom stereocenters. The number of piperazine rings is 1. The van der Waals surface area contributed by atoms with Crippen molar-refractivity contribution in [3.8, 4) is 6.07 Å². The molecule has 3 nitrogen and oxygen atoms in total. The van der Waals surface area contributed by atoms with Gasteiger partial charge in [0.25, 0.3) is 0 Å². The van der Waals surface area contributed by atoms with Gasteiger partial charge < -0.3 is 0 Å². The first-order valence-electron chi connectivity index (χ1n) is 8.63. The highest BCUT2D eigenvalue weighted by atomic mass is 15.3. The summed E-state index contributed by atoms with van der Waals surface area (Å²) in [5, 5.41) is 8.87. The van der Waals surface area contributed by atoms with Crippen molar-refractivity contribution < 1.29 is 0 Å². The summed E-state index contributed by atoms with van der Waals surface area (Å²) in [4.78, 5) is 5.04. The third-order valence-electron chi connectivity index (χ3n) is 4.64. The molecule has 0 spiro atoms. The van der Waals surface area contributed by atoms with Crippen LogP contribution in [0.2, 0.25) is 0 Å². The van der Waals surface area contributed by atoms with Crippen molar-refractivity contribution in [3.05, 3.63) is 70.3 Å². The van der Waals surface area contributed by atoms with E-state index in [2.05, 4.69) is 60.0 Å². The smallest absolute Gasteiger partial charge is 0.0991 e. The third-order valence-corrected chi connectivity index (χ3v) is 4.64. The van der Waals surface area contributed by atoms with Crippen LogP contribution in [0, 0.1) is 25.2 Å². The molecule has 2 aromatic rings. The Morgan fingerprint density at radius 3 is 1.79 bits per heavy atom. The van der Waals surface area contributed by atoms with Crippen LogP contribution in [0.5, 0.6) is 0 Å². The maximum Gasteiger partial charge on any atom is 0.0991 e. The van der Waals surface area contributed by atoms with Crippen LogP contribution in [-0.4, -0.2) is 36.0 Å². The molecular weight excluding hydrogens is 294 g/mol. The third kappa shape index (κ3) is 4.44. The summed E-state index contributed by atoms with van der Waals surface area (Å²) in [7, 11) is 0. The largest absolute Gasteiger partial charge is 0.297 e. The Labute approximate surface area is 145 Å². The van der Waals surface area contributed by atoms with Gasteiger partial charge in [-0.25, -0.2) is 0 Å². The first kappa shape index (κ1) is 16.7. The number of nitrogens with zero attached hydrogens (tertiary/aromatic N) is 3. The van der Waals surface area contributed by atoms with Crippen LogP contribution in [0.4, 0.5) is 0 Å². The minimum atomic E-state index is 0.733. The highest BCUT2D eigenvalue weighted by Gasteiger charge is 2.17. The molecule has 24 heavy (non-hydrogen) atoms. The van der Waals surface area contributed by atoms with Gasteiger partial charge >= 0.3 is 0 Å². The van der Waals surface area contributed by atoms with Crippen molar-refractivity contribution in [1.29, 1.82) is 5.26 Å². The van der Waals surface area contributed by atoms with Crippen LogP contribution in [0.25, 0.3) is 0 Å². The molecule has 0 N–H and O–H groups in total. The van der Waals surface area contributed by atoms with E-state index >= 15 is 0 Å². The molecule has 3 rings (SSSR count). The SMILES string of the molecule is Cc1cc(C)cc(CN2CCN(Cc3ccc(C#N)cc3)CC2)c1. The number of hydrogen-bond donors (Lipinski definition) is 0. The predicted octanol–water partition coefficient (Wildman–Crippen LogP) is 3.49. The van der Waals surface area contributed by atoms with Crippen LogP contribution in [0.3, 0.4) is 0 Å². The van der Waals surface area contributed by atoms with Crippen molar-refractivity contribution in [1.82, 2.24) is 9.80 Å². The quantitative estimate of drug-likeness (QED) is 0.864. The Morgan fingerprint density at radius 2 is 1.29 bits per heavy atom. The van der Waals surface area contributed by atoms with Crippen molar-refractivity contribution in [2.24, 2.45) is 0 Å². The molecule has 2 aromatic carbocycles. The van der Waals surface area contributed by atoms with Gasteiger partial charge in [-0.2, -0.15) is 5.26 Å². The highest BCUT2D eigenvalue weighted by Crippen LogP contribution is 2.14. The molecule has 1 saturated heterocycles. The van der Waals surface area contributed by atoms with Gasteiger partial charge in [0, 0.05) is 39.3 Å². The first-order valence-corrected chi connectivity index (χ1v) is 8.63. The summed E-state index contributed by atoms with van der Waals surface area (Å²) >= 11 is 0. The van der Waals surface area contributed by atoms with Crippen molar-refractivity contribution in [2.75, 3.05) is 26.2 Å². The van der Waals surface area contributed by atoms with Gasteiger partial charge in [0.2, 0.25) is 0 Å². The average Bonchev–Trinajstić information content (AvgIpc) is 2.56. The number of nitriles is 1. The van der Waals surface area contributed by atoms with Crippen LogP contribution in [0.1, 0.15) is 27.8 Å². The molecule has 1 heterocycles. The van der Waals surface area contributed by atoms with Crippen LogP contribution >= 0.6 is 0 Å². The number of aryl methyl sites for hydroxylation is 2. The summed E-state index contributed by atoms with van der Waals surface area (Å²) in [6, 6.07) is 17.0. The second-order valence-electron chi connectivity index (χ2n) is 6.86. The predicted molar refractivity (Wildman–Crippen MR) is 97.6 cm³/mol. The lowest BCUT2D eigenvalue weighted by Gasteiger charge is -2.34. The normalized spacial score (nSPS) is 16.0. The van der Waals surface area contributed by atoms with E-state index in [1.807, 2.05) is 12.1 Å². The van der Waals surface area contributed by atoms with Gasteiger partial charge in [0.1, 0.15) is 0 Å². The highest BCUT2D eigenvalue weighted by molar-refractivity contribution is 5.31. The first-order chi connectivity index (χ1) is 11.6. The zero-order valence-electron chi connectivity index (χ0n) is 14.6. The monoisotopic (exact) mass is 319 g/mol. The molecule has 0 saturated carbocycles.